The van der Waals surface area contributed by atoms with Crippen molar-refractivity contribution in [1.29, 1.82) is 0 Å². The Bertz CT molecular complexity index is 668. The summed E-state index contributed by atoms with van der Waals surface area (Å²) in [5.74, 6) is 1.10. The van der Waals surface area contributed by atoms with E-state index in [1.165, 1.54) is 0 Å². The number of hydrogen-bond acceptors (Lipinski definition) is 4. The third kappa shape index (κ3) is 2.93. The Balaban J connectivity index is 1.76. The zero-order chi connectivity index (χ0) is 14.8. The van der Waals surface area contributed by atoms with Gasteiger partial charge in [-0.3, -0.25) is 9.78 Å². The standard InChI is InChI=1S/C15H17ClN4O/c1-17-15(21)10-4-6-20(7-5-10)14-9-18-13-8-11(16)2-3-12(13)19-14/h2-3,8-10H,4-7H2,1H3,(H,17,21). The van der Waals surface area contributed by atoms with Gasteiger partial charge in [-0.15, -0.1) is 0 Å². The first-order valence-electron chi connectivity index (χ1n) is 7.06. The predicted octanol–water partition coefficient (Wildman–Crippen LogP) is 2.25. The van der Waals surface area contributed by atoms with Gasteiger partial charge in [-0.25, -0.2) is 4.98 Å². The molecule has 0 spiro atoms. The van der Waals surface area contributed by atoms with Crippen LogP contribution in [-0.4, -0.2) is 36.0 Å². The van der Waals surface area contributed by atoms with Crippen LogP contribution < -0.4 is 10.2 Å². The first-order valence-corrected chi connectivity index (χ1v) is 7.44. The molecule has 1 amide bonds. The number of carbonyl (C=O) groups excluding carboxylic acids is 1. The molecule has 1 aromatic carbocycles. The number of nitrogens with zero attached hydrogens (tertiary/aromatic N) is 3. The van der Waals surface area contributed by atoms with Crippen molar-refractivity contribution in [2.24, 2.45) is 5.92 Å². The van der Waals surface area contributed by atoms with E-state index >= 15 is 0 Å². The van der Waals surface area contributed by atoms with Crippen molar-refractivity contribution >= 4 is 34.4 Å². The summed E-state index contributed by atoms with van der Waals surface area (Å²) in [4.78, 5) is 22.9. The van der Waals surface area contributed by atoms with Crippen LogP contribution in [0, 0.1) is 5.92 Å². The lowest BCUT2D eigenvalue weighted by atomic mass is 9.96. The van der Waals surface area contributed by atoms with Gasteiger partial charge in [0.15, 0.2) is 0 Å². The number of anilines is 1. The van der Waals surface area contributed by atoms with Gasteiger partial charge >= 0.3 is 0 Å². The summed E-state index contributed by atoms with van der Waals surface area (Å²) in [6.07, 6.45) is 3.47. The molecule has 1 saturated heterocycles. The quantitative estimate of drug-likeness (QED) is 0.924. The van der Waals surface area contributed by atoms with Gasteiger partial charge in [0.05, 0.1) is 17.2 Å². The van der Waals surface area contributed by atoms with Crippen molar-refractivity contribution in [2.45, 2.75) is 12.8 Å². The topological polar surface area (TPSA) is 58.1 Å². The van der Waals surface area contributed by atoms with Crippen LogP contribution in [0.3, 0.4) is 0 Å². The molecule has 2 heterocycles. The van der Waals surface area contributed by atoms with Crippen LogP contribution in [0.1, 0.15) is 12.8 Å². The molecule has 0 unspecified atom stereocenters. The van der Waals surface area contributed by atoms with E-state index in [0.29, 0.717) is 5.02 Å². The van der Waals surface area contributed by atoms with E-state index in [-0.39, 0.29) is 11.8 Å². The predicted molar refractivity (Wildman–Crippen MR) is 83.6 cm³/mol. The normalized spacial score (nSPS) is 16.2. The molecule has 1 aliphatic heterocycles. The Morgan fingerprint density at radius 2 is 2.10 bits per heavy atom. The number of aromatic nitrogens is 2. The summed E-state index contributed by atoms with van der Waals surface area (Å²) in [5, 5.41) is 3.38. The second-order valence-electron chi connectivity index (χ2n) is 5.24. The second kappa shape index (κ2) is 5.85. The number of amides is 1. The molecule has 0 bridgehead atoms. The maximum atomic E-state index is 11.6. The molecule has 2 aromatic rings. The summed E-state index contributed by atoms with van der Waals surface area (Å²) in [6.45, 7) is 1.65. The van der Waals surface area contributed by atoms with Crippen LogP contribution in [0.4, 0.5) is 5.82 Å². The second-order valence-corrected chi connectivity index (χ2v) is 5.67. The first kappa shape index (κ1) is 14.1. The van der Waals surface area contributed by atoms with E-state index in [0.717, 1.165) is 42.8 Å². The minimum atomic E-state index is 0.110. The SMILES string of the molecule is CNC(=O)C1CCN(c2cnc3cc(Cl)ccc3n2)CC1. The highest BCUT2D eigenvalue weighted by molar-refractivity contribution is 6.31. The van der Waals surface area contributed by atoms with Crippen LogP contribution in [0.2, 0.25) is 5.02 Å². The van der Waals surface area contributed by atoms with Crippen molar-refractivity contribution < 1.29 is 4.79 Å². The number of halogens is 1. The Labute approximate surface area is 128 Å². The van der Waals surface area contributed by atoms with Crippen molar-refractivity contribution in [3.05, 3.63) is 29.4 Å². The third-order valence-electron chi connectivity index (χ3n) is 3.93. The number of piperidine rings is 1. The Hall–Kier alpha value is -1.88. The number of hydrogen-bond donors (Lipinski definition) is 1. The molecule has 0 radical (unpaired) electrons. The van der Waals surface area contributed by atoms with Crippen molar-refractivity contribution in [3.63, 3.8) is 0 Å². The number of fused-ring (bicyclic) bond motifs is 1. The van der Waals surface area contributed by atoms with Crippen LogP contribution in [-0.2, 0) is 4.79 Å². The third-order valence-corrected chi connectivity index (χ3v) is 4.16. The summed E-state index contributed by atoms with van der Waals surface area (Å²) in [7, 11) is 1.69. The fourth-order valence-electron chi connectivity index (χ4n) is 2.70. The van der Waals surface area contributed by atoms with Crippen LogP contribution >= 0.6 is 11.6 Å². The average molecular weight is 305 g/mol. The molecular formula is C15H17ClN4O. The minimum Gasteiger partial charge on any atom is -0.359 e. The van der Waals surface area contributed by atoms with Gasteiger partial charge < -0.3 is 10.2 Å². The van der Waals surface area contributed by atoms with E-state index in [4.69, 9.17) is 11.6 Å². The molecule has 21 heavy (non-hydrogen) atoms. The first-order chi connectivity index (χ1) is 10.2. The Kier molecular flexibility index (Phi) is 3.92. The molecule has 1 N–H and O–H groups in total. The molecule has 0 atom stereocenters. The lowest BCUT2D eigenvalue weighted by Gasteiger charge is -2.31. The zero-order valence-corrected chi connectivity index (χ0v) is 12.6. The van der Waals surface area contributed by atoms with Gasteiger partial charge in [-0.05, 0) is 31.0 Å². The summed E-state index contributed by atoms with van der Waals surface area (Å²) in [5.41, 5.74) is 1.64. The highest BCUT2D eigenvalue weighted by Crippen LogP contribution is 2.24. The fourth-order valence-corrected chi connectivity index (χ4v) is 2.87. The van der Waals surface area contributed by atoms with Crippen LogP contribution in [0.5, 0.6) is 0 Å². The van der Waals surface area contributed by atoms with Crippen LogP contribution in [0.25, 0.3) is 11.0 Å². The number of carbonyl (C=O) groups is 1. The molecule has 1 aromatic heterocycles. The van der Waals surface area contributed by atoms with Gasteiger partial charge in [0.2, 0.25) is 5.91 Å². The zero-order valence-electron chi connectivity index (χ0n) is 11.8. The van der Waals surface area contributed by atoms with Gasteiger partial charge in [-0.2, -0.15) is 0 Å². The van der Waals surface area contributed by atoms with E-state index in [1.807, 2.05) is 18.2 Å². The molecule has 5 nitrogen and oxygen atoms in total. The van der Waals surface area contributed by atoms with Gasteiger partial charge in [0.1, 0.15) is 5.82 Å². The summed E-state index contributed by atoms with van der Waals surface area (Å²) >= 11 is 5.95. The van der Waals surface area contributed by atoms with Crippen LogP contribution in [0.15, 0.2) is 24.4 Å². The van der Waals surface area contributed by atoms with E-state index in [9.17, 15) is 4.79 Å². The van der Waals surface area contributed by atoms with Crippen molar-refractivity contribution in [1.82, 2.24) is 15.3 Å². The minimum absolute atomic E-state index is 0.110. The Morgan fingerprint density at radius 3 is 2.81 bits per heavy atom. The van der Waals surface area contributed by atoms with Crippen molar-refractivity contribution in [3.8, 4) is 0 Å². The molecule has 0 aliphatic carbocycles. The number of nitrogens with one attached hydrogen (secondary N) is 1. The van der Waals surface area contributed by atoms with Gasteiger partial charge in [0, 0.05) is 31.1 Å². The van der Waals surface area contributed by atoms with E-state index < -0.39 is 0 Å². The highest BCUT2D eigenvalue weighted by Gasteiger charge is 2.25. The highest BCUT2D eigenvalue weighted by atomic mass is 35.5. The molecular weight excluding hydrogens is 288 g/mol. The number of rotatable bonds is 2. The monoisotopic (exact) mass is 304 g/mol. The van der Waals surface area contributed by atoms with Crippen molar-refractivity contribution in [2.75, 3.05) is 25.0 Å². The average Bonchev–Trinajstić information content (AvgIpc) is 2.53. The van der Waals surface area contributed by atoms with Gasteiger partial charge in [-0.1, -0.05) is 11.6 Å². The molecule has 6 heteroatoms. The summed E-state index contributed by atoms with van der Waals surface area (Å²) < 4.78 is 0. The maximum Gasteiger partial charge on any atom is 0.222 e. The largest absolute Gasteiger partial charge is 0.359 e. The molecule has 3 rings (SSSR count). The smallest absolute Gasteiger partial charge is 0.222 e. The lowest BCUT2D eigenvalue weighted by molar-refractivity contribution is -0.125. The maximum absolute atomic E-state index is 11.6. The number of benzene rings is 1. The molecule has 1 fully saturated rings. The Morgan fingerprint density at radius 1 is 1.33 bits per heavy atom. The van der Waals surface area contributed by atoms with E-state index in [2.05, 4.69) is 20.2 Å². The van der Waals surface area contributed by atoms with Gasteiger partial charge in [0.25, 0.3) is 0 Å². The molecule has 110 valence electrons. The lowest BCUT2D eigenvalue weighted by Crippen LogP contribution is -2.39. The molecule has 1 aliphatic rings. The summed E-state index contributed by atoms with van der Waals surface area (Å²) in [6, 6.07) is 5.51. The van der Waals surface area contributed by atoms with E-state index in [1.54, 1.807) is 13.2 Å². The molecule has 0 saturated carbocycles. The fraction of sp³-hybridized carbons (Fsp3) is 0.400.